The van der Waals surface area contributed by atoms with E-state index >= 15 is 0 Å². The van der Waals surface area contributed by atoms with Crippen LogP contribution in [0.5, 0.6) is 0 Å². The molecular weight excluding hydrogens is 244 g/mol. The van der Waals surface area contributed by atoms with Crippen molar-refractivity contribution in [1.82, 2.24) is 15.0 Å². The second-order valence-corrected chi connectivity index (χ2v) is 3.54. The van der Waals surface area contributed by atoms with E-state index < -0.39 is 0 Å². The number of halogens is 1. The number of benzene rings is 1. The molecule has 0 saturated heterocycles. The normalized spacial score (nSPS) is 9.71. The number of hydrogen-bond acceptors (Lipinski definition) is 3. The summed E-state index contributed by atoms with van der Waals surface area (Å²) in [5, 5.41) is 16.4. The maximum Gasteiger partial charge on any atom is 0.101 e. The maximum absolute atomic E-state index is 8.88. The van der Waals surface area contributed by atoms with Crippen molar-refractivity contribution in [3.05, 3.63) is 40.6 Å². The molecule has 0 amide bonds. The van der Waals surface area contributed by atoms with Crippen molar-refractivity contribution in [1.29, 1.82) is 5.26 Å². The number of nitriles is 1. The van der Waals surface area contributed by atoms with Crippen LogP contribution in [0.2, 0.25) is 0 Å². The van der Waals surface area contributed by atoms with Gasteiger partial charge in [-0.1, -0.05) is 21.1 Å². The minimum Gasteiger partial charge on any atom is -0.219 e. The zero-order chi connectivity index (χ0) is 9.97. The molecule has 2 aromatic rings. The topological polar surface area (TPSA) is 54.5 Å². The minimum atomic E-state index is 0.568. The van der Waals surface area contributed by atoms with Crippen molar-refractivity contribution in [2.45, 2.75) is 0 Å². The lowest BCUT2D eigenvalue weighted by atomic mass is 10.2. The van der Waals surface area contributed by atoms with Gasteiger partial charge in [-0.25, -0.2) is 4.68 Å². The Labute approximate surface area is 88.9 Å². The highest BCUT2D eigenvalue weighted by Crippen LogP contribution is 2.18. The van der Waals surface area contributed by atoms with Gasteiger partial charge in [-0.05, 0) is 18.2 Å². The standard InChI is InChI=1S/C9H5BrN4/c10-8-2-1-7(6-11)9(5-8)14-4-3-12-13-14/h1-5H. The van der Waals surface area contributed by atoms with Gasteiger partial charge in [0.2, 0.25) is 0 Å². The van der Waals surface area contributed by atoms with Crippen molar-refractivity contribution < 1.29 is 0 Å². The Bertz CT molecular complexity index is 484. The molecular formula is C9H5BrN4. The van der Waals surface area contributed by atoms with Gasteiger partial charge < -0.3 is 0 Å². The summed E-state index contributed by atoms with van der Waals surface area (Å²) < 4.78 is 2.46. The Morgan fingerprint density at radius 3 is 2.93 bits per heavy atom. The minimum absolute atomic E-state index is 0.568. The molecule has 0 N–H and O–H groups in total. The van der Waals surface area contributed by atoms with Gasteiger partial charge in [-0.2, -0.15) is 5.26 Å². The highest BCUT2D eigenvalue weighted by Gasteiger charge is 2.04. The van der Waals surface area contributed by atoms with Crippen LogP contribution < -0.4 is 0 Å². The summed E-state index contributed by atoms with van der Waals surface area (Å²) in [7, 11) is 0. The van der Waals surface area contributed by atoms with Crippen LogP contribution in [-0.2, 0) is 0 Å². The fourth-order valence-electron chi connectivity index (χ4n) is 1.13. The smallest absolute Gasteiger partial charge is 0.101 e. The highest BCUT2D eigenvalue weighted by molar-refractivity contribution is 9.10. The van der Waals surface area contributed by atoms with E-state index in [9.17, 15) is 0 Å². The van der Waals surface area contributed by atoms with Crippen LogP contribution >= 0.6 is 15.9 Å². The van der Waals surface area contributed by atoms with Gasteiger partial charge in [0.25, 0.3) is 0 Å². The molecule has 0 bridgehead atoms. The second-order valence-electron chi connectivity index (χ2n) is 2.62. The van der Waals surface area contributed by atoms with Gasteiger partial charge in [-0.3, -0.25) is 0 Å². The first-order chi connectivity index (χ1) is 6.81. The third kappa shape index (κ3) is 1.52. The summed E-state index contributed by atoms with van der Waals surface area (Å²) in [6.07, 6.45) is 3.27. The molecule has 1 aromatic heterocycles. The molecule has 0 radical (unpaired) electrons. The highest BCUT2D eigenvalue weighted by atomic mass is 79.9. The van der Waals surface area contributed by atoms with E-state index in [0.717, 1.165) is 10.2 Å². The van der Waals surface area contributed by atoms with E-state index in [2.05, 4.69) is 32.3 Å². The van der Waals surface area contributed by atoms with Crippen LogP contribution in [0.4, 0.5) is 0 Å². The third-order valence-corrected chi connectivity index (χ3v) is 2.24. The molecule has 14 heavy (non-hydrogen) atoms. The largest absolute Gasteiger partial charge is 0.219 e. The van der Waals surface area contributed by atoms with Crippen LogP contribution in [0.3, 0.4) is 0 Å². The Balaban J connectivity index is 2.63. The predicted molar refractivity (Wildman–Crippen MR) is 53.8 cm³/mol. The zero-order valence-corrected chi connectivity index (χ0v) is 8.64. The summed E-state index contributed by atoms with van der Waals surface area (Å²) in [5.74, 6) is 0. The number of nitrogens with zero attached hydrogens (tertiary/aromatic N) is 4. The maximum atomic E-state index is 8.88. The second kappa shape index (κ2) is 3.60. The molecule has 1 heterocycles. The zero-order valence-electron chi connectivity index (χ0n) is 7.05. The Morgan fingerprint density at radius 1 is 1.43 bits per heavy atom. The van der Waals surface area contributed by atoms with Crippen LogP contribution in [0.15, 0.2) is 35.1 Å². The van der Waals surface area contributed by atoms with Gasteiger partial charge in [0.05, 0.1) is 23.6 Å². The van der Waals surface area contributed by atoms with Crippen molar-refractivity contribution in [3.8, 4) is 11.8 Å². The van der Waals surface area contributed by atoms with E-state index in [1.54, 1.807) is 23.1 Å². The number of rotatable bonds is 1. The summed E-state index contributed by atoms with van der Waals surface area (Å²) in [4.78, 5) is 0. The molecule has 4 nitrogen and oxygen atoms in total. The lowest BCUT2D eigenvalue weighted by Crippen LogP contribution is -1.98. The lowest BCUT2D eigenvalue weighted by Gasteiger charge is -2.02. The molecule has 0 aliphatic rings. The Hall–Kier alpha value is -1.67. The van der Waals surface area contributed by atoms with E-state index in [1.807, 2.05) is 12.1 Å². The molecule has 68 valence electrons. The quantitative estimate of drug-likeness (QED) is 0.775. The van der Waals surface area contributed by atoms with Gasteiger partial charge >= 0.3 is 0 Å². The monoisotopic (exact) mass is 248 g/mol. The SMILES string of the molecule is N#Cc1ccc(Br)cc1-n1ccnn1. The number of hydrogen-bond donors (Lipinski definition) is 0. The Morgan fingerprint density at radius 2 is 2.29 bits per heavy atom. The molecule has 0 aliphatic heterocycles. The van der Waals surface area contributed by atoms with Crippen molar-refractivity contribution >= 4 is 15.9 Å². The Kier molecular flexibility index (Phi) is 2.29. The molecule has 0 spiro atoms. The van der Waals surface area contributed by atoms with E-state index in [-0.39, 0.29) is 0 Å². The number of aromatic nitrogens is 3. The van der Waals surface area contributed by atoms with Crippen LogP contribution in [-0.4, -0.2) is 15.0 Å². The third-order valence-electron chi connectivity index (χ3n) is 1.75. The summed E-state index contributed by atoms with van der Waals surface area (Å²) in [6, 6.07) is 7.48. The average Bonchev–Trinajstić information content (AvgIpc) is 2.70. The van der Waals surface area contributed by atoms with E-state index in [0.29, 0.717) is 5.56 Å². The molecule has 0 atom stereocenters. The first-order valence-corrected chi connectivity index (χ1v) is 4.67. The summed E-state index contributed by atoms with van der Waals surface area (Å²) >= 11 is 3.34. The first-order valence-electron chi connectivity index (χ1n) is 3.87. The molecule has 0 saturated carbocycles. The van der Waals surface area contributed by atoms with E-state index in [4.69, 9.17) is 5.26 Å². The van der Waals surface area contributed by atoms with Crippen LogP contribution in [0, 0.1) is 11.3 Å². The lowest BCUT2D eigenvalue weighted by molar-refractivity contribution is 0.801. The first kappa shape index (κ1) is 8.91. The van der Waals surface area contributed by atoms with Gasteiger partial charge in [0, 0.05) is 4.47 Å². The predicted octanol–water partition coefficient (Wildman–Crippen LogP) is 1.90. The fraction of sp³-hybridized carbons (Fsp3) is 0. The van der Waals surface area contributed by atoms with Gasteiger partial charge in [0.15, 0.2) is 0 Å². The van der Waals surface area contributed by atoms with E-state index in [1.165, 1.54) is 0 Å². The fourth-order valence-corrected chi connectivity index (χ4v) is 1.47. The molecule has 5 heteroatoms. The molecule has 1 aromatic carbocycles. The molecule has 2 rings (SSSR count). The molecule has 0 unspecified atom stereocenters. The van der Waals surface area contributed by atoms with Crippen LogP contribution in [0.1, 0.15) is 5.56 Å². The van der Waals surface area contributed by atoms with Crippen molar-refractivity contribution in [3.63, 3.8) is 0 Å². The van der Waals surface area contributed by atoms with Crippen LogP contribution in [0.25, 0.3) is 5.69 Å². The molecule has 0 aliphatic carbocycles. The van der Waals surface area contributed by atoms with Gasteiger partial charge in [-0.15, -0.1) is 5.10 Å². The average molecular weight is 249 g/mol. The van der Waals surface area contributed by atoms with Crippen molar-refractivity contribution in [2.24, 2.45) is 0 Å². The molecule has 0 fully saturated rings. The summed E-state index contributed by atoms with van der Waals surface area (Å²) in [5.41, 5.74) is 1.29. The van der Waals surface area contributed by atoms with Crippen molar-refractivity contribution in [2.75, 3.05) is 0 Å². The summed E-state index contributed by atoms with van der Waals surface area (Å²) in [6.45, 7) is 0. The van der Waals surface area contributed by atoms with Gasteiger partial charge in [0.1, 0.15) is 6.07 Å².